The second-order valence-electron chi connectivity index (χ2n) is 8.06. The van der Waals surface area contributed by atoms with Crippen LogP contribution in [0.1, 0.15) is 38.6 Å². The third-order valence-corrected chi connectivity index (χ3v) is 6.07. The van der Waals surface area contributed by atoms with Crippen LogP contribution < -0.4 is 5.43 Å². The van der Waals surface area contributed by atoms with E-state index in [0.717, 1.165) is 11.8 Å². The Morgan fingerprint density at radius 1 is 1.12 bits per heavy atom. The predicted octanol–water partition coefficient (Wildman–Crippen LogP) is 2.00. The van der Waals surface area contributed by atoms with Crippen molar-refractivity contribution in [3.8, 4) is 5.75 Å². The largest absolute Gasteiger partial charge is 0.502 e. The van der Waals surface area contributed by atoms with E-state index in [1.54, 1.807) is 17.8 Å². The van der Waals surface area contributed by atoms with Gasteiger partial charge in [-0.3, -0.25) is 14.3 Å². The fourth-order valence-electron chi connectivity index (χ4n) is 4.49. The van der Waals surface area contributed by atoms with Crippen LogP contribution in [0.5, 0.6) is 5.75 Å². The van der Waals surface area contributed by atoms with Gasteiger partial charge in [-0.15, -0.1) is 0 Å². The maximum atomic E-state index is 12.9. The topological polar surface area (TPSA) is 120 Å². The molecule has 10 nitrogen and oxygen atoms in total. The highest BCUT2D eigenvalue weighted by Crippen LogP contribution is 2.37. The molecular weight excluding hydrogens is 438 g/mol. The number of carbonyl (C=O) groups is 2. The van der Waals surface area contributed by atoms with Crippen molar-refractivity contribution < 1.29 is 19.4 Å². The number of carbonyl (C=O) groups excluding carboxylic acids is 2. The highest BCUT2D eigenvalue weighted by molar-refractivity contribution is 6.02. The van der Waals surface area contributed by atoms with Gasteiger partial charge < -0.3 is 14.7 Å². The van der Waals surface area contributed by atoms with Crippen molar-refractivity contribution in [1.29, 1.82) is 0 Å². The number of fused-ring (bicyclic) bond motifs is 2. The van der Waals surface area contributed by atoms with Crippen molar-refractivity contribution in [2.75, 3.05) is 20.7 Å². The lowest BCUT2D eigenvalue weighted by atomic mass is 9.96. The Labute approximate surface area is 193 Å². The molecule has 34 heavy (non-hydrogen) atoms. The zero-order valence-electron chi connectivity index (χ0n) is 18.5. The molecule has 5 rings (SSSR count). The zero-order chi connectivity index (χ0) is 24.0. The summed E-state index contributed by atoms with van der Waals surface area (Å²) in [7, 11) is 2.89. The molecule has 2 atom stereocenters. The first-order chi connectivity index (χ1) is 16.4. The van der Waals surface area contributed by atoms with Crippen molar-refractivity contribution in [3.05, 3.63) is 88.0 Å². The van der Waals surface area contributed by atoms with Gasteiger partial charge in [-0.25, -0.2) is 9.48 Å². The first-order valence-corrected chi connectivity index (χ1v) is 10.6. The van der Waals surface area contributed by atoms with Crippen LogP contribution in [0, 0.1) is 0 Å². The molecule has 0 saturated carbocycles. The molecule has 0 bridgehead atoms. The highest BCUT2D eigenvalue weighted by atomic mass is 16.5. The van der Waals surface area contributed by atoms with Gasteiger partial charge in [0.2, 0.25) is 5.43 Å². The third kappa shape index (κ3) is 3.22. The van der Waals surface area contributed by atoms with Crippen LogP contribution in [0.3, 0.4) is 0 Å². The predicted molar refractivity (Wildman–Crippen MR) is 122 cm³/mol. The number of rotatable bonds is 4. The lowest BCUT2D eigenvalue weighted by Crippen LogP contribution is -2.46. The van der Waals surface area contributed by atoms with Crippen LogP contribution in [-0.4, -0.2) is 62.1 Å². The number of amides is 1. The Hall–Kier alpha value is -4.47. The summed E-state index contributed by atoms with van der Waals surface area (Å²) < 4.78 is 8.05. The second-order valence-corrected chi connectivity index (χ2v) is 8.06. The molecule has 0 saturated heterocycles. The Bertz CT molecular complexity index is 1480. The summed E-state index contributed by atoms with van der Waals surface area (Å²) in [6, 6.07) is 15.7. The van der Waals surface area contributed by atoms with E-state index in [0.29, 0.717) is 10.9 Å². The molecule has 1 aliphatic rings. The summed E-state index contributed by atoms with van der Waals surface area (Å²) in [5.74, 6) is -1.73. The molecule has 2 aromatic heterocycles. The first-order valence-electron chi connectivity index (χ1n) is 10.6. The number of nitrogens with zero attached hydrogens (tertiary/aromatic N) is 5. The number of aromatic nitrogens is 4. The van der Waals surface area contributed by atoms with E-state index in [9.17, 15) is 19.5 Å². The van der Waals surface area contributed by atoms with Crippen molar-refractivity contribution in [3.63, 3.8) is 0 Å². The van der Waals surface area contributed by atoms with Crippen molar-refractivity contribution >= 4 is 22.8 Å². The van der Waals surface area contributed by atoms with Crippen molar-refractivity contribution in [2.45, 2.75) is 12.1 Å². The van der Waals surface area contributed by atoms with Gasteiger partial charge in [-0.05, 0) is 11.6 Å². The molecule has 0 spiro atoms. The number of aromatic hydroxyl groups is 1. The van der Waals surface area contributed by atoms with E-state index in [-0.39, 0.29) is 17.9 Å². The maximum absolute atomic E-state index is 12.9. The number of hydrogen-bond donors (Lipinski definition) is 1. The van der Waals surface area contributed by atoms with Crippen molar-refractivity contribution in [1.82, 2.24) is 24.5 Å². The molecule has 0 fully saturated rings. The molecule has 10 heteroatoms. The molecule has 172 valence electrons. The van der Waals surface area contributed by atoms with Gasteiger partial charge in [0.15, 0.2) is 17.1 Å². The second kappa shape index (κ2) is 8.14. The molecule has 0 radical (unpaired) electrons. The smallest absolute Gasteiger partial charge is 0.359 e. The lowest BCUT2D eigenvalue weighted by Gasteiger charge is -2.37. The Kier molecular flexibility index (Phi) is 5.12. The minimum atomic E-state index is -0.734. The molecule has 0 aliphatic carbocycles. The van der Waals surface area contributed by atoms with E-state index in [1.165, 1.54) is 16.7 Å². The van der Waals surface area contributed by atoms with E-state index in [1.807, 2.05) is 48.5 Å². The molecule has 0 unspecified atom stereocenters. The minimum absolute atomic E-state index is 0.162. The molecule has 3 heterocycles. The lowest BCUT2D eigenvalue weighted by molar-refractivity contribution is 0.0594. The monoisotopic (exact) mass is 459 g/mol. The van der Waals surface area contributed by atoms with Gasteiger partial charge in [-0.2, -0.15) is 10.2 Å². The standard InChI is InChI=1S/C24H21N5O5/c1-27-13-17(28-21(23(27)32)22(31)18(30)12-25-28)20(14-8-4-3-5-9-14)29-16-11-7-6-10-15(16)19(26-29)24(33)34-2/h3-12,17,20,31H,13H2,1-2H3/t17-,20+/m1/s1. The number of methoxy groups -OCH3 is 1. The van der Waals surface area contributed by atoms with E-state index in [4.69, 9.17) is 4.74 Å². The van der Waals surface area contributed by atoms with Crippen LogP contribution in [0.4, 0.5) is 0 Å². The van der Waals surface area contributed by atoms with Crippen LogP contribution in [-0.2, 0) is 4.74 Å². The fraction of sp³-hybridized carbons (Fsp3) is 0.208. The quantitative estimate of drug-likeness (QED) is 0.464. The molecule has 2 aromatic carbocycles. The Balaban J connectivity index is 1.81. The highest BCUT2D eigenvalue weighted by Gasteiger charge is 2.39. The molecule has 1 N–H and O–H groups in total. The molecule has 1 amide bonds. The number of para-hydroxylation sites is 1. The molecule has 1 aliphatic heterocycles. The number of hydrogen-bond acceptors (Lipinski definition) is 7. The van der Waals surface area contributed by atoms with Crippen LogP contribution in [0.15, 0.2) is 65.6 Å². The summed E-state index contributed by atoms with van der Waals surface area (Å²) in [5, 5.41) is 19.9. The normalized spacial score (nSPS) is 16.4. The van der Waals surface area contributed by atoms with Gasteiger partial charge in [0, 0.05) is 19.0 Å². The minimum Gasteiger partial charge on any atom is -0.502 e. The third-order valence-electron chi connectivity index (χ3n) is 6.07. The Morgan fingerprint density at radius 2 is 1.82 bits per heavy atom. The average Bonchev–Trinajstić information content (AvgIpc) is 3.24. The average molecular weight is 459 g/mol. The summed E-state index contributed by atoms with van der Waals surface area (Å²) in [6.07, 6.45) is 0.994. The van der Waals surface area contributed by atoms with Crippen LogP contribution in [0.2, 0.25) is 0 Å². The molecule has 4 aromatic rings. The summed E-state index contributed by atoms with van der Waals surface area (Å²) in [6.45, 7) is 0.225. The zero-order valence-corrected chi connectivity index (χ0v) is 18.5. The van der Waals surface area contributed by atoms with Crippen molar-refractivity contribution in [2.24, 2.45) is 0 Å². The maximum Gasteiger partial charge on any atom is 0.359 e. The number of ether oxygens (including phenoxy) is 1. The Morgan fingerprint density at radius 3 is 2.56 bits per heavy atom. The molecular formula is C24H21N5O5. The van der Waals surface area contributed by atoms with Crippen LogP contribution >= 0.6 is 0 Å². The number of esters is 1. The first kappa shape index (κ1) is 21.4. The summed E-state index contributed by atoms with van der Waals surface area (Å²) in [4.78, 5) is 38.9. The van der Waals surface area contributed by atoms with Gasteiger partial charge in [-0.1, -0.05) is 48.5 Å². The van der Waals surface area contributed by atoms with Gasteiger partial charge in [0.05, 0.1) is 24.9 Å². The number of likely N-dealkylation sites (N-methyl/N-ethyl adjacent to an activating group) is 1. The summed E-state index contributed by atoms with van der Waals surface area (Å²) in [5.41, 5.74) is 0.767. The van der Waals surface area contributed by atoms with E-state index in [2.05, 4.69) is 10.2 Å². The SMILES string of the molecule is COC(=O)c1nn([C@@H](c2ccccc2)[C@H]2CN(C)C(=O)c3c(O)c(=O)cnn32)c2ccccc12. The summed E-state index contributed by atoms with van der Waals surface area (Å²) >= 11 is 0. The fourth-order valence-corrected chi connectivity index (χ4v) is 4.49. The van der Waals surface area contributed by atoms with E-state index >= 15 is 0 Å². The van der Waals surface area contributed by atoms with E-state index < -0.39 is 35.1 Å². The van der Waals surface area contributed by atoms with Gasteiger partial charge in [0.25, 0.3) is 5.91 Å². The number of benzene rings is 2. The van der Waals surface area contributed by atoms with Gasteiger partial charge in [0.1, 0.15) is 6.04 Å². The van der Waals surface area contributed by atoms with Gasteiger partial charge >= 0.3 is 5.97 Å². The van der Waals surface area contributed by atoms with Crippen LogP contribution in [0.25, 0.3) is 10.9 Å².